The van der Waals surface area contributed by atoms with Crippen LogP contribution in [0.4, 0.5) is 11.4 Å². The number of aromatic nitrogens is 2. The Morgan fingerprint density at radius 1 is 1.03 bits per heavy atom. The summed E-state index contributed by atoms with van der Waals surface area (Å²) in [5, 5.41) is 20.0. The van der Waals surface area contributed by atoms with Crippen molar-refractivity contribution in [2.24, 2.45) is 0 Å². The molecule has 0 radical (unpaired) electrons. The first-order valence-corrected chi connectivity index (χ1v) is 9.09. The average Bonchev–Trinajstić information content (AvgIpc) is 2.74. The third-order valence-corrected chi connectivity index (χ3v) is 4.67. The van der Waals surface area contributed by atoms with Crippen molar-refractivity contribution in [1.29, 1.82) is 0 Å². The van der Waals surface area contributed by atoms with E-state index in [2.05, 4.69) is 10.4 Å². The lowest BCUT2D eigenvalue weighted by Crippen LogP contribution is -2.27. The van der Waals surface area contributed by atoms with Crippen LogP contribution < -0.4 is 10.7 Å². The van der Waals surface area contributed by atoms with Crippen molar-refractivity contribution in [3.63, 3.8) is 0 Å². The van der Waals surface area contributed by atoms with Crippen LogP contribution >= 0.6 is 0 Å². The smallest absolute Gasteiger partial charge is 0.294 e. The monoisotopic (exact) mass is 400 g/mol. The molecule has 1 aromatic heterocycles. The highest BCUT2D eigenvalue weighted by Gasteiger charge is 2.20. The van der Waals surface area contributed by atoms with E-state index in [0.29, 0.717) is 11.4 Å². The molecule has 1 amide bonds. The van der Waals surface area contributed by atoms with E-state index in [-0.39, 0.29) is 17.1 Å². The van der Waals surface area contributed by atoms with E-state index in [1.807, 2.05) is 30.3 Å². The quantitative estimate of drug-likeness (QED) is 0.413. The van der Waals surface area contributed by atoms with Crippen LogP contribution in [0.3, 0.4) is 0 Å². The lowest BCUT2D eigenvalue weighted by Gasteiger charge is -2.12. The number of hydrogen-bond donors (Lipinski definition) is 1. The Bertz CT molecular complexity index is 1360. The van der Waals surface area contributed by atoms with Gasteiger partial charge in [-0.05, 0) is 24.4 Å². The normalized spacial score (nSPS) is 10.7. The van der Waals surface area contributed by atoms with Gasteiger partial charge in [-0.15, -0.1) is 0 Å². The summed E-state index contributed by atoms with van der Waals surface area (Å²) >= 11 is 0. The minimum atomic E-state index is -0.691. The molecule has 1 N–H and O–H groups in total. The summed E-state index contributed by atoms with van der Waals surface area (Å²) in [6.07, 6.45) is 0. The minimum Gasteiger partial charge on any atom is -0.320 e. The highest BCUT2D eigenvalue weighted by atomic mass is 16.6. The number of benzene rings is 3. The van der Waals surface area contributed by atoms with Gasteiger partial charge in [0.1, 0.15) is 5.69 Å². The molecule has 3 aromatic carbocycles. The molecule has 0 saturated carbocycles. The average molecular weight is 400 g/mol. The largest absolute Gasteiger partial charge is 0.320 e. The second-order valence-electron chi connectivity index (χ2n) is 6.64. The third-order valence-electron chi connectivity index (χ3n) is 4.67. The second kappa shape index (κ2) is 7.59. The van der Waals surface area contributed by atoms with Gasteiger partial charge in [-0.2, -0.15) is 5.10 Å². The fourth-order valence-electron chi connectivity index (χ4n) is 3.26. The molecule has 4 aromatic rings. The highest BCUT2D eigenvalue weighted by Crippen LogP contribution is 2.24. The summed E-state index contributed by atoms with van der Waals surface area (Å²) in [7, 11) is 0. The van der Waals surface area contributed by atoms with Crippen molar-refractivity contribution in [3.05, 3.63) is 105 Å². The summed E-state index contributed by atoms with van der Waals surface area (Å²) < 4.78 is 1.23. The molecule has 0 spiro atoms. The van der Waals surface area contributed by atoms with Gasteiger partial charge in [0, 0.05) is 28.9 Å². The van der Waals surface area contributed by atoms with Gasteiger partial charge in [0.2, 0.25) is 5.43 Å². The number of rotatable bonds is 4. The predicted molar refractivity (Wildman–Crippen MR) is 113 cm³/mol. The van der Waals surface area contributed by atoms with Gasteiger partial charge < -0.3 is 5.32 Å². The summed E-state index contributed by atoms with van der Waals surface area (Å²) in [5.41, 5.74) is -0.0312. The number of nitro groups is 1. The van der Waals surface area contributed by atoms with Crippen LogP contribution in [-0.4, -0.2) is 20.6 Å². The van der Waals surface area contributed by atoms with Crippen LogP contribution in [0.15, 0.2) is 77.6 Å². The zero-order chi connectivity index (χ0) is 21.3. The molecule has 0 unspecified atom stereocenters. The van der Waals surface area contributed by atoms with Crippen LogP contribution in [0, 0.1) is 17.0 Å². The Labute approximate surface area is 170 Å². The summed E-state index contributed by atoms with van der Waals surface area (Å²) in [5.74, 6) is -0.691. The summed E-state index contributed by atoms with van der Waals surface area (Å²) in [4.78, 5) is 36.2. The van der Waals surface area contributed by atoms with E-state index in [1.165, 1.54) is 28.9 Å². The van der Waals surface area contributed by atoms with Crippen LogP contribution in [0.25, 0.3) is 16.5 Å². The zero-order valence-corrected chi connectivity index (χ0v) is 15.9. The topological polar surface area (TPSA) is 107 Å². The number of anilines is 1. The van der Waals surface area contributed by atoms with Crippen molar-refractivity contribution in [1.82, 2.24) is 9.78 Å². The molecular formula is C22H16N4O4. The number of carbonyl (C=O) groups is 1. The van der Waals surface area contributed by atoms with Crippen molar-refractivity contribution in [3.8, 4) is 5.69 Å². The first-order chi connectivity index (χ1) is 14.5. The van der Waals surface area contributed by atoms with E-state index < -0.39 is 16.3 Å². The first kappa shape index (κ1) is 19.0. The van der Waals surface area contributed by atoms with E-state index >= 15 is 0 Å². The van der Waals surface area contributed by atoms with Crippen molar-refractivity contribution in [2.45, 2.75) is 6.92 Å². The van der Waals surface area contributed by atoms with Gasteiger partial charge in [-0.3, -0.25) is 19.7 Å². The Morgan fingerprint density at radius 2 is 1.73 bits per heavy atom. The fraction of sp³-hybridized carbons (Fsp3) is 0.0455. The maximum absolute atomic E-state index is 12.9. The predicted octanol–water partition coefficient (Wildman–Crippen LogP) is 3.85. The Kier molecular flexibility index (Phi) is 4.81. The molecule has 0 atom stereocenters. The lowest BCUT2D eigenvalue weighted by molar-refractivity contribution is -0.384. The number of nitrogens with one attached hydrogen (secondary N) is 1. The van der Waals surface area contributed by atoms with Gasteiger partial charge in [0.25, 0.3) is 11.6 Å². The second-order valence-corrected chi connectivity index (χ2v) is 6.64. The molecular weight excluding hydrogens is 384 g/mol. The Hall–Kier alpha value is -4.33. The highest BCUT2D eigenvalue weighted by molar-refractivity contribution is 6.08. The molecule has 30 heavy (non-hydrogen) atoms. The minimum absolute atomic E-state index is 0.166. The van der Waals surface area contributed by atoms with Gasteiger partial charge in [-0.25, -0.2) is 4.68 Å². The molecule has 0 aliphatic heterocycles. The van der Waals surface area contributed by atoms with Gasteiger partial charge in [0.15, 0.2) is 5.69 Å². The van der Waals surface area contributed by atoms with E-state index in [4.69, 9.17) is 0 Å². The molecule has 0 aliphatic carbocycles. The van der Waals surface area contributed by atoms with Crippen LogP contribution in [0.1, 0.15) is 16.2 Å². The molecule has 148 valence electrons. The molecule has 1 heterocycles. The number of fused-ring (bicyclic) bond motifs is 1. The van der Waals surface area contributed by atoms with E-state index in [1.54, 1.807) is 25.1 Å². The Balaban J connectivity index is 1.79. The van der Waals surface area contributed by atoms with Gasteiger partial charge in [0.05, 0.1) is 4.92 Å². The van der Waals surface area contributed by atoms with Crippen molar-refractivity contribution in [2.75, 3.05) is 5.32 Å². The van der Waals surface area contributed by atoms with Crippen LogP contribution in [0.5, 0.6) is 0 Å². The molecule has 0 aliphatic rings. The number of aryl methyl sites for hydroxylation is 1. The molecule has 8 heteroatoms. The molecule has 0 saturated heterocycles. The SMILES string of the molecule is Cc1cc(=O)c(C(=O)Nc2cccc3ccccc23)nn1-c1ccccc1[N+](=O)[O-]. The Morgan fingerprint density at radius 3 is 2.53 bits per heavy atom. The molecule has 4 rings (SSSR count). The van der Waals surface area contributed by atoms with Crippen molar-refractivity contribution < 1.29 is 9.72 Å². The summed E-state index contributed by atoms with van der Waals surface area (Å²) in [6, 6.07) is 20.2. The number of nitrogens with zero attached hydrogens (tertiary/aromatic N) is 3. The molecule has 0 bridgehead atoms. The number of carbonyl (C=O) groups excluding carboxylic acids is 1. The maximum Gasteiger partial charge on any atom is 0.294 e. The first-order valence-electron chi connectivity index (χ1n) is 9.09. The third kappa shape index (κ3) is 3.42. The van der Waals surface area contributed by atoms with Crippen molar-refractivity contribution >= 4 is 28.1 Å². The van der Waals surface area contributed by atoms with Crippen LogP contribution in [-0.2, 0) is 0 Å². The van der Waals surface area contributed by atoms with E-state index in [9.17, 15) is 19.7 Å². The number of hydrogen-bond acceptors (Lipinski definition) is 5. The summed E-state index contributed by atoms with van der Waals surface area (Å²) in [6.45, 7) is 1.59. The standard InChI is InChI=1S/C22H16N4O4/c1-14-13-20(27)21(24-25(14)18-11-4-5-12-19(18)26(29)30)22(28)23-17-10-6-8-15-7-2-3-9-16(15)17/h2-13H,1H3,(H,23,28). The fourth-order valence-corrected chi connectivity index (χ4v) is 3.26. The van der Waals surface area contributed by atoms with Crippen LogP contribution in [0.2, 0.25) is 0 Å². The molecule has 8 nitrogen and oxygen atoms in total. The van der Waals surface area contributed by atoms with E-state index in [0.717, 1.165) is 10.8 Å². The number of amides is 1. The zero-order valence-electron chi connectivity index (χ0n) is 15.9. The maximum atomic E-state index is 12.9. The molecule has 0 fully saturated rings. The lowest BCUT2D eigenvalue weighted by atomic mass is 10.1. The van der Waals surface area contributed by atoms with Gasteiger partial charge in [-0.1, -0.05) is 48.5 Å². The number of para-hydroxylation sites is 2. The van der Waals surface area contributed by atoms with Gasteiger partial charge >= 0.3 is 0 Å². The number of nitro benzene ring substituents is 1.